The highest BCUT2D eigenvalue weighted by Gasteiger charge is 2.21. The maximum atomic E-state index is 2.44. The molecule has 0 aliphatic carbocycles. The molecule has 0 saturated carbocycles. The van der Waals surface area contributed by atoms with Crippen LogP contribution in [0, 0.1) is 0 Å². The van der Waals surface area contributed by atoms with Crippen LogP contribution >= 0.6 is 11.3 Å². The standard InChI is InChI=1S/C52H32N2S/c1-3-13-33(14-4-1)51-39-18-8-7-15-36(39)31-48-52(51)44-30-35(24-28-47(44)53(48)37-16-5-2-6-17-37)34-23-27-46-43(29-34)40-19-9-11-21-45(40)54(46)38-25-26-42-41-20-10-12-22-49(41)55-50(42)32-38/h1-32H. The van der Waals surface area contributed by atoms with Gasteiger partial charge >= 0.3 is 0 Å². The SMILES string of the molecule is c1ccc(-c2c3ccccc3cc3c2c2cc(-c4ccc5c(c4)c4ccccc4n5-c4ccc5c(c4)sc4ccccc45)ccc2n3-c2ccccc2)cc1. The molecule has 9 aromatic carbocycles. The first kappa shape index (κ1) is 30.5. The highest BCUT2D eigenvalue weighted by Crippen LogP contribution is 2.45. The number of hydrogen-bond donors (Lipinski definition) is 0. The molecule has 0 aliphatic rings. The van der Waals surface area contributed by atoms with Crippen LogP contribution in [-0.4, -0.2) is 9.13 Å². The van der Waals surface area contributed by atoms with Crippen LogP contribution < -0.4 is 0 Å². The molecule has 0 aliphatic heterocycles. The van der Waals surface area contributed by atoms with Crippen LogP contribution in [0.5, 0.6) is 0 Å². The summed E-state index contributed by atoms with van der Waals surface area (Å²) in [4.78, 5) is 0. The maximum Gasteiger partial charge on any atom is 0.0553 e. The second-order valence-electron chi connectivity index (χ2n) is 14.5. The largest absolute Gasteiger partial charge is 0.309 e. The molecule has 0 N–H and O–H groups in total. The van der Waals surface area contributed by atoms with Crippen LogP contribution in [0.4, 0.5) is 0 Å². The summed E-state index contributed by atoms with van der Waals surface area (Å²) in [6.45, 7) is 0. The van der Waals surface area contributed by atoms with Crippen molar-refractivity contribution < 1.29 is 0 Å². The molecule has 12 rings (SSSR count). The number of para-hydroxylation sites is 2. The average Bonchev–Trinajstić information content (AvgIpc) is 3.90. The van der Waals surface area contributed by atoms with Crippen LogP contribution in [0.1, 0.15) is 0 Å². The molecule has 0 saturated heterocycles. The number of nitrogens with zero attached hydrogens (tertiary/aromatic N) is 2. The van der Waals surface area contributed by atoms with Gasteiger partial charge in [-0.05, 0) is 99.8 Å². The fourth-order valence-corrected chi connectivity index (χ4v) is 10.2. The predicted octanol–water partition coefficient (Wildman–Crippen LogP) is 14.7. The monoisotopic (exact) mass is 716 g/mol. The van der Waals surface area contributed by atoms with Gasteiger partial charge in [-0.3, -0.25) is 0 Å². The van der Waals surface area contributed by atoms with Gasteiger partial charge in [0.1, 0.15) is 0 Å². The molecule has 0 atom stereocenters. The fourth-order valence-electron chi connectivity index (χ4n) is 9.07. The van der Waals surface area contributed by atoms with E-state index >= 15 is 0 Å². The van der Waals surface area contributed by atoms with Crippen LogP contribution in [0.3, 0.4) is 0 Å². The minimum absolute atomic E-state index is 1.16. The van der Waals surface area contributed by atoms with Crippen molar-refractivity contribution in [2.45, 2.75) is 0 Å². The van der Waals surface area contributed by atoms with E-state index in [1.54, 1.807) is 0 Å². The average molecular weight is 717 g/mol. The van der Waals surface area contributed by atoms with E-state index < -0.39 is 0 Å². The Kier molecular flexibility index (Phi) is 6.54. The van der Waals surface area contributed by atoms with Crippen molar-refractivity contribution in [1.82, 2.24) is 9.13 Å². The molecular formula is C52H32N2S. The molecule has 0 unspecified atom stereocenters. The van der Waals surface area contributed by atoms with Gasteiger partial charge in [0.25, 0.3) is 0 Å². The number of thiophene rings is 1. The third-order valence-corrected chi connectivity index (χ3v) is 12.6. The molecule has 2 nitrogen and oxygen atoms in total. The van der Waals surface area contributed by atoms with Gasteiger partial charge in [-0.2, -0.15) is 0 Å². The third kappa shape index (κ3) is 4.54. The highest BCUT2D eigenvalue weighted by atomic mass is 32.1. The number of aromatic nitrogens is 2. The van der Waals surface area contributed by atoms with Crippen LogP contribution in [0.2, 0.25) is 0 Å². The Labute approximate surface area is 321 Å². The van der Waals surface area contributed by atoms with Crippen molar-refractivity contribution in [3.05, 3.63) is 194 Å². The number of benzene rings is 9. The number of rotatable bonds is 4. The lowest BCUT2D eigenvalue weighted by Crippen LogP contribution is -1.94. The first-order chi connectivity index (χ1) is 27.3. The van der Waals surface area contributed by atoms with Gasteiger partial charge < -0.3 is 9.13 Å². The zero-order valence-corrected chi connectivity index (χ0v) is 30.6. The zero-order valence-electron chi connectivity index (χ0n) is 29.8. The number of hydrogen-bond acceptors (Lipinski definition) is 1. The first-order valence-corrected chi connectivity index (χ1v) is 19.7. The molecule has 256 valence electrons. The van der Waals surface area contributed by atoms with E-state index in [1.165, 1.54) is 102 Å². The molecule has 0 amide bonds. The molecule has 0 radical (unpaired) electrons. The van der Waals surface area contributed by atoms with Crippen LogP contribution in [0.15, 0.2) is 194 Å². The summed E-state index contributed by atoms with van der Waals surface area (Å²) >= 11 is 1.87. The van der Waals surface area contributed by atoms with Crippen molar-refractivity contribution in [2.75, 3.05) is 0 Å². The Balaban J connectivity index is 1.11. The fraction of sp³-hybridized carbons (Fsp3) is 0. The summed E-state index contributed by atoms with van der Waals surface area (Å²) in [5, 5.41) is 10.2. The normalized spacial score (nSPS) is 12.0. The van der Waals surface area contributed by atoms with Crippen molar-refractivity contribution >= 4 is 85.9 Å². The quantitative estimate of drug-likeness (QED) is 0.172. The Bertz CT molecular complexity index is 3470. The van der Waals surface area contributed by atoms with E-state index in [2.05, 4.69) is 203 Å². The van der Waals surface area contributed by atoms with E-state index in [9.17, 15) is 0 Å². The Hall–Kier alpha value is -6.94. The van der Waals surface area contributed by atoms with Crippen LogP contribution in [0.25, 0.3) is 108 Å². The predicted molar refractivity (Wildman–Crippen MR) is 236 cm³/mol. The molecule has 0 fully saturated rings. The van der Waals surface area contributed by atoms with Gasteiger partial charge in [-0.15, -0.1) is 11.3 Å². The lowest BCUT2D eigenvalue weighted by Gasteiger charge is -2.12. The van der Waals surface area contributed by atoms with Gasteiger partial charge in [-0.1, -0.05) is 127 Å². The molecule has 12 aromatic rings. The second-order valence-corrected chi connectivity index (χ2v) is 15.6. The van der Waals surface area contributed by atoms with Crippen molar-refractivity contribution in [1.29, 1.82) is 0 Å². The van der Waals surface area contributed by atoms with Gasteiger partial charge in [0.2, 0.25) is 0 Å². The van der Waals surface area contributed by atoms with Crippen molar-refractivity contribution in [2.24, 2.45) is 0 Å². The molecule has 3 heteroatoms. The Morgan fingerprint density at radius 3 is 1.73 bits per heavy atom. The minimum atomic E-state index is 1.16. The smallest absolute Gasteiger partial charge is 0.0553 e. The van der Waals surface area contributed by atoms with Gasteiger partial charge in [-0.25, -0.2) is 0 Å². The molecule has 3 heterocycles. The molecule has 3 aromatic heterocycles. The van der Waals surface area contributed by atoms with E-state index in [-0.39, 0.29) is 0 Å². The summed E-state index contributed by atoms with van der Waals surface area (Å²) in [7, 11) is 0. The van der Waals surface area contributed by atoms with Gasteiger partial charge in [0, 0.05) is 53.1 Å². The van der Waals surface area contributed by atoms with Crippen LogP contribution in [-0.2, 0) is 0 Å². The molecule has 0 bridgehead atoms. The first-order valence-electron chi connectivity index (χ1n) is 18.8. The van der Waals surface area contributed by atoms with E-state index in [4.69, 9.17) is 0 Å². The molecular weight excluding hydrogens is 685 g/mol. The zero-order chi connectivity index (χ0) is 36.0. The number of fused-ring (bicyclic) bond motifs is 10. The third-order valence-electron chi connectivity index (χ3n) is 11.5. The summed E-state index contributed by atoms with van der Waals surface area (Å²) in [5.74, 6) is 0. The lowest BCUT2D eigenvalue weighted by molar-refractivity contribution is 1.18. The topological polar surface area (TPSA) is 9.86 Å². The van der Waals surface area contributed by atoms with Gasteiger partial charge in [0.15, 0.2) is 0 Å². The Morgan fingerprint density at radius 2 is 0.909 bits per heavy atom. The minimum Gasteiger partial charge on any atom is -0.309 e. The van der Waals surface area contributed by atoms with Gasteiger partial charge in [0.05, 0.1) is 22.1 Å². The van der Waals surface area contributed by atoms with E-state index in [1.807, 2.05) is 11.3 Å². The maximum absolute atomic E-state index is 2.44. The highest BCUT2D eigenvalue weighted by molar-refractivity contribution is 7.25. The van der Waals surface area contributed by atoms with E-state index in [0.717, 1.165) is 5.69 Å². The van der Waals surface area contributed by atoms with Crippen molar-refractivity contribution in [3.63, 3.8) is 0 Å². The summed E-state index contributed by atoms with van der Waals surface area (Å²) in [5.41, 5.74) is 12.1. The summed E-state index contributed by atoms with van der Waals surface area (Å²) in [6.07, 6.45) is 0. The summed E-state index contributed by atoms with van der Waals surface area (Å²) < 4.78 is 7.52. The second kappa shape index (κ2) is 11.8. The molecule has 55 heavy (non-hydrogen) atoms. The summed E-state index contributed by atoms with van der Waals surface area (Å²) in [6, 6.07) is 71.5. The lowest BCUT2D eigenvalue weighted by atomic mass is 9.92. The molecule has 0 spiro atoms. The van der Waals surface area contributed by atoms with Crippen molar-refractivity contribution in [3.8, 4) is 33.6 Å². The Morgan fingerprint density at radius 1 is 0.309 bits per heavy atom. The van der Waals surface area contributed by atoms with E-state index in [0.29, 0.717) is 0 Å².